The van der Waals surface area contributed by atoms with Crippen LogP contribution in [0, 0.1) is 11.6 Å². The van der Waals surface area contributed by atoms with Crippen molar-refractivity contribution in [3.63, 3.8) is 0 Å². The molecule has 0 bridgehead atoms. The van der Waals surface area contributed by atoms with Gasteiger partial charge < -0.3 is 5.32 Å². The molecular formula is C10H12ClF2N. The zero-order valence-electron chi connectivity index (χ0n) is 8.07. The molecule has 1 aromatic carbocycles. The lowest BCUT2D eigenvalue weighted by Crippen LogP contribution is -2.15. The zero-order valence-corrected chi connectivity index (χ0v) is 8.83. The van der Waals surface area contributed by atoms with Crippen molar-refractivity contribution >= 4 is 17.3 Å². The summed E-state index contributed by atoms with van der Waals surface area (Å²) in [5.74, 6) is -1.32. The number of rotatable bonds is 3. The van der Waals surface area contributed by atoms with Crippen LogP contribution < -0.4 is 5.32 Å². The third kappa shape index (κ3) is 2.58. The predicted octanol–water partition coefficient (Wildman–Crippen LogP) is 3.83. The Balaban J connectivity index is 2.96. The third-order valence-electron chi connectivity index (χ3n) is 2.01. The van der Waals surface area contributed by atoms with Crippen LogP contribution in [0.4, 0.5) is 14.5 Å². The minimum Gasteiger partial charge on any atom is -0.379 e. The molecule has 1 unspecified atom stereocenters. The average Bonchev–Trinajstić information content (AvgIpc) is 2.10. The van der Waals surface area contributed by atoms with Gasteiger partial charge in [-0.1, -0.05) is 18.5 Å². The summed E-state index contributed by atoms with van der Waals surface area (Å²) in [7, 11) is 0. The Morgan fingerprint density at radius 1 is 1.43 bits per heavy atom. The summed E-state index contributed by atoms with van der Waals surface area (Å²) in [6, 6.07) is 2.01. The van der Waals surface area contributed by atoms with Gasteiger partial charge in [0.2, 0.25) is 0 Å². The van der Waals surface area contributed by atoms with Crippen molar-refractivity contribution in [2.24, 2.45) is 0 Å². The molecule has 4 heteroatoms. The van der Waals surface area contributed by atoms with E-state index in [1.807, 2.05) is 13.8 Å². The van der Waals surface area contributed by atoms with E-state index in [4.69, 9.17) is 11.6 Å². The van der Waals surface area contributed by atoms with E-state index in [1.54, 1.807) is 0 Å². The van der Waals surface area contributed by atoms with Gasteiger partial charge in [0, 0.05) is 12.1 Å². The first kappa shape index (κ1) is 11.2. The third-order valence-corrected chi connectivity index (χ3v) is 2.31. The highest BCUT2D eigenvalue weighted by Gasteiger charge is 2.11. The molecule has 1 aromatic rings. The van der Waals surface area contributed by atoms with E-state index in [1.165, 1.54) is 0 Å². The van der Waals surface area contributed by atoms with Crippen LogP contribution in [0.15, 0.2) is 12.1 Å². The second-order valence-corrected chi connectivity index (χ2v) is 3.61. The van der Waals surface area contributed by atoms with Crippen LogP contribution in [0.5, 0.6) is 0 Å². The first-order valence-corrected chi connectivity index (χ1v) is 4.83. The van der Waals surface area contributed by atoms with Gasteiger partial charge in [-0.2, -0.15) is 0 Å². The van der Waals surface area contributed by atoms with E-state index in [-0.39, 0.29) is 16.8 Å². The highest BCUT2D eigenvalue weighted by molar-refractivity contribution is 6.33. The summed E-state index contributed by atoms with van der Waals surface area (Å²) in [5.41, 5.74) is 0.169. The lowest BCUT2D eigenvalue weighted by Gasteiger charge is -2.14. The molecule has 0 amide bonds. The van der Waals surface area contributed by atoms with E-state index < -0.39 is 11.6 Å². The number of hydrogen-bond donors (Lipinski definition) is 1. The van der Waals surface area contributed by atoms with E-state index in [2.05, 4.69) is 5.32 Å². The van der Waals surface area contributed by atoms with Crippen LogP contribution in [0.3, 0.4) is 0 Å². The van der Waals surface area contributed by atoms with Crippen molar-refractivity contribution in [3.8, 4) is 0 Å². The molecule has 1 N–H and O–H groups in total. The Morgan fingerprint density at radius 3 is 2.57 bits per heavy atom. The SMILES string of the molecule is CCC(C)Nc1c(F)cc(F)cc1Cl. The largest absolute Gasteiger partial charge is 0.379 e. The monoisotopic (exact) mass is 219 g/mol. The van der Waals surface area contributed by atoms with Crippen LogP contribution >= 0.6 is 11.6 Å². The van der Waals surface area contributed by atoms with Crippen molar-refractivity contribution in [1.29, 1.82) is 0 Å². The number of anilines is 1. The molecule has 1 rings (SSSR count). The van der Waals surface area contributed by atoms with Gasteiger partial charge >= 0.3 is 0 Å². The van der Waals surface area contributed by atoms with Gasteiger partial charge in [-0.3, -0.25) is 0 Å². The van der Waals surface area contributed by atoms with Crippen molar-refractivity contribution < 1.29 is 8.78 Å². The zero-order chi connectivity index (χ0) is 10.7. The average molecular weight is 220 g/mol. The summed E-state index contributed by atoms with van der Waals surface area (Å²) in [4.78, 5) is 0. The van der Waals surface area contributed by atoms with Crippen LogP contribution in [0.25, 0.3) is 0 Å². The minimum absolute atomic E-state index is 0.0720. The molecule has 1 atom stereocenters. The first-order valence-electron chi connectivity index (χ1n) is 4.45. The Labute approximate surface area is 87.1 Å². The maximum absolute atomic E-state index is 13.2. The molecule has 0 heterocycles. The van der Waals surface area contributed by atoms with E-state index >= 15 is 0 Å². The van der Waals surface area contributed by atoms with Crippen molar-refractivity contribution in [1.82, 2.24) is 0 Å². The minimum atomic E-state index is -0.665. The van der Waals surface area contributed by atoms with Gasteiger partial charge in [-0.25, -0.2) is 8.78 Å². The Kier molecular flexibility index (Phi) is 3.69. The number of hydrogen-bond acceptors (Lipinski definition) is 1. The molecule has 0 spiro atoms. The molecule has 0 aliphatic carbocycles. The topological polar surface area (TPSA) is 12.0 Å². The Bertz CT molecular complexity index is 305. The molecule has 78 valence electrons. The lowest BCUT2D eigenvalue weighted by atomic mass is 10.2. The van der Waals surface area contributed by atoms with Gasteiger partial charge in [0.25, 0.3) is 0 Å². The highest BCUT2D eigenvalue weighted by atomic mass is 35.5. The molecular weight excluding hydrogens is 208 g/mol. The van der Waals surface area contributed by atoms with Gasteiger partial charge in [0.05, 0.1) is 10.7 Å². The van der Waals surface area contributed by atoms with Crippen LogP contribution in [0.2, 0.25) is 5.02 Å². The first-order chi connectivity index (χ1) is 6.54. The molecule has 0 saturated carbocycles. The molecule has 0 radical (unpaired) electrons. The van der Waals surface area contributed by atoms with Crippen LogP contribution in [-0.2, 0) is 0 Å². The molecule has 14 heavy (non-hydrogen) atoms. The van der Waals surface area contributed by atoms with E-state index in [0.717, 1.165) is 18.6 Å². The van der Waals surface area contributed by atoms with Crippen molar-refractivity contribution in [2.45, 2.75) is 26.3 Å². The number of halogens is 3. The molecule has 0 saturated heterocycles. The van der Waals surface area contributed by atoms with E-state index in [0.29, 0.717) is 0 Å². The second-order valence-electron chi connectivity index (χ2n) is 3.20. The van der Waals surface area contributed by atoms with Gasteiger partial charge in [0.15, 0.2) is 5.82 Å². The van der Waals surface area contributed by atoms with Gasteiger partial charge in [0.1, 0.15) is 5.82 Å². The molecule has 0 aliphatic rings. The summed E-state index contributed by atoms with van der Waals surface area (Å²) < 4.78 is 25.9. The predicted molar refractivity (Wildman–Crippen MR) is 54.7 cm³/mol. The summed E-state index contributed by atoms with van der Waals surface area (Å²) >= 11 is 5.69. The van der Waals surface area contributed by atoms with Crippen LogP contribution in [0.1, 0.15) is 20.3 Å². The maximum atomic E-state index is 13.2. The molecule has 1 nitrogen and oxygen atoms in total. The van der Waals surface area contributed by atoms with E-state index in [9.17, 15) is 8.78 Å². The Morgan fingerprint density at radius 2 is 2.07 bits per heavy atom. The maximum Gasteiger partial charge on any atom is 0.150 e. The standard InChI is InChI=1S/C10H12ClF2N/c1-3-6(2)14-10-8(11)4-7(12)5-9(10)13/h4-6,14H,3H2,1-2H3. The van der Waals surface area contributed by atoms with Crippen LogP contribution in [-0.4, -0.2) is 6.04 Å². The smallest absolute Gasteiger partial charge is 0.150 e. The fourth-order valence-electron chi connectivity index (χ4n) is 1.03. The molecule has 0 fully saturated rings. The van der Waals surface area contributed by atoms with Gasteiger partial charge in [-0.05, 0) is 19.4 Å². The second kappa shape index (κ2) is 4.60. The van der Waals surface area contributed by atoms with Crippen molar-refractivity contribution in [2.75, 3.05) is 5.32 Å². The molecule has 0 aliphatic heterocycles. The summed E-state index contributed by atoms with van der Waals surface area (Å²) in [5, 5.41) is 2.95. The fraction of sp³-hybridized carbons (Fsp3) is 0.400. The number of benzene rings is 1. The molecule has 0 aromatic heterocycles. The highest BCUT2D eigenvalue weighted by Crippen LogP contribution is 2.27. The fourth-order valence-corrected chi connectivity index (χ4v) is 1.28. The number of nitrogens with one attached hydrogen (secondary N) is 1. The normalized spacial score (nSPS) is 12.6. The summed E-state index contributed by atoms with van der Waals surface area (Å²) in [6.45, 7) is 3.87. The van der Waals surface area contributed by atoms with Gasteiger partial charge in [-0.15, -0.1) is 0 Å². The lowest BCUT2D eigenvalue weighted by molar-refractivity contribution is 0.583. The quantitative estimate of drug-likeness (QED) is 0.815. The summed E-state index contributed by atoms with van der Waals surface area (Å²) in [6.07, 6.45) is 0.840. The van der Waals surface area contributed by atoms with Crippen molar-refractivity contribution in [3.05, 3.63) is 28.8 Å². The Hall–Kier alpha value is -0.830.